The number of alkyl halides is 3. The number of carbonyl (C=O) groups excluding carboxylic acids is 1. The number of hydrogen-bond acceptors (Lipinski definition) is 5. The highest BCUT2D eigenvalue weighted by atomic mass is 32.1. The Morgan fingerprint density at radius 3 is 2.64 bits per heavy atom. The van der Waals surface area contributed by atoms with Crippen LogP contribution in [0, 0.1) is 21.4 Å². The lowest BCUT2D eigenvalue weighted by molar-refractivity contribution is -0.380. The molecule has 0 unspecified atom stereocenters. The third-order valence-electron chi connectivity index (χ3n) is 2.91. The Morgan fingerprint density at radius 1 is 1.36 bits per heavy atom. The van der Waals surface area contributed by atoms with Gasteiger partial charge >= 0.3 is 11.2 Å². The van der Waals surface area contributed by atoms with E-state index >= 15 is 0 Å². The summed E-state index contributed by atoms with van der Waals surface area (Å²) in [5, 5.41) is 23.1. The highest BCUT2D eigenvalue weighted by Crippen LogP contribution is 2.31. The first-order valence-electron chi connectivity index (χ1n) is 6.54. The first kappa shape index (κ1) is 18.2. The van der Waals surface area contributed by atoms with Crippen molar-refractivity contribution in [1.29, 1.82) is 5.26 Å². The van der Waals surface area contributed by atoms with E-state index in [1.165, 1.54) is 17.5 Å². The van der Waals surface area contributed by atoms with Gasteiger partial charge in [0.15, 0.2) is 0 Å². The normalized spacial score (nSPS) is 11.7. The summed E-state index contributed by atoms with van der Waals surface area (Å²) in [6.45, 7) is 0. The zero-order valence-electron chi connectivity index (χ0n) is 12.2. The molecule has 1 N–H and O–H groups in total. The molecular weight excluding hydrogens is 359 g/mol. The largest absolute Gasteiger partial charge is 0.416 e. The van der Waals surface area contributed by atoms with E-state index < -0.39 is 28.1 Å². The maximum Gasteiger partial charge on any atom is 0.416 e. The Hall–Kier alpha value is -3.19. The molecule has 0 spiro atoms. The number of halogens is 3. The molecule has 0 bridgehead atoms. The average molecular weight is 367 g/mol. The van der Waals surface area contributed by atoms with Crippen LogP contribution in [0.2, 0.25) is 0 Å². The molecule has 1 aromatic carbocycles. The fraction of sp³-hybridized carbons (Fsp3) is 0.0667. The lowest BCUT2D eigenvalue weighted by Gasteiger charge is -2.09. The molecule has 1 amide bonds. The average Bonchev–Trinajstić information content (AvgIpc) is 3.01. The van der Waals surface area contributed by atoms with Gasteiger partial charge in [0.05, 0.1) is 10.5 Å². The van der Waals surface area contributed by atoms with Gasteiger partial charge < -0.3 is 5.32 Å². The molecule has 0 aliphatic heterocycles. The monoisotopic (exact) mass is 367 g/mol. The number of benzene rings is 1. The summed E-state index contributed by atoms with van der Waals surface area (Å²) in [6.07, 6.45) is -3.45. The second-order valence-electron chi connectivity index (χ2n) is 4.68. The van der Waals surface area contributed by atoms with Gasteiger partial charge in [-0.15, -0.1) is 0 Å². The van der Waals surface area contributed by atoms with Gasteiger partial charge in [-0.2, -0.15) is 18.4 Å². The standard InChI is InChI=1S/C15H8F3N3O3S/c16-15(17,18)11-2-1-3-12(6-11)20-14(22)10(7-19)4-9-5-13(21(23)24)25-8-9/h1-6,8H,(H,20,22)/b10-4+. The highest BCUT2D eigenvalue weighted by molar-refractivity contribution is 7.13. The number of nitrogens with one attached hydrogen (secondary N) is 1. The van der Waals surface area contributed by atoms with Gasteiger partial charge in [-0.1, -0.05) is 17.4 Å². The van der Waals surface area contributed by atoms with Crippen LogP contribution < -0.4 is 5.32 Å². The van der Waals surface area contributed by atoms with Crippen molar-refractivity contribution in [2.24, 2.45) is 0 Å². The fourth-order valence-corrected chi connectivity index (χ4v) is 2.48. The van der Waals surface area contributed by atoms with E-state index in [4.69, 9.17) is 5.26 Å². The Balaban J connectivity index is 2.21. The van der Waals surface area contributed by atoms with Crippen LogP contribution in [-0.2, 0) is 11.0 Å². The minimum absolute atomic E-state index is 0.128. The smallest absolute Gasteiger partial charge is 0.321 e. The van der Waals surface area contributed by atoms with E-state index in [0.29, 0.717) is 0 Å². The number of nitriles is 1. The van der Waals surface area contributed by atoms with Crippen LogP contribution in [0.25, 0.3) is 6.08 Å². The molecule has 0 aliphatic rings. The minimum atomic E-state index is -4.57. The molecule has 1 aromatic heterocycles. The van der Waals surface area contributed by atoms with Crippen molar-refractivity contribution in [1.82, 2.24) is 0 Å². The quantitative estimate of drug-likeness (QED) is 0.379. The number of nitrogens with zero attached hydrogens (tertiary/aromatic N) is 2. The van der Waals surface area contributed by atoms with E-state index in [-0.39, 0.29) is 16.3 Å². The molecule has 1 heterocycles. The second-order valence-corrected chi connectivity index (χ2v) is 5.57. The predicted octanol–water partition coefficient (Wildman–Crippen LogP) is 4.22. The molecule has 0 atom stereocenters. The molecule has 0 radical (unpaired) electrons. The highest BCUT2D eigenvalue weighted by Gasteiger charge is 2.30. The summed E-state index contributed by atoms with van der Waals surface area (Å²) in [6, 6.07) is 6.75. The number of hydrogen-bond donors (Lipinski definition) is 1. The Bertz CT molecular complexity index is 897. The van der Waals surface area contributed by atoms with Gasteiger partial charge in [-0.3, -0.25) is 14.9 Å². The SMILES string of the molecule is N#C/C(=C\c1csc([N+](=O)[O-])c1)C(=O)Nc1cccc(C(F)(F)F)c1. The molecule has 0 saturated heterocycles. The zero-order valence-corrected chi connectivity index (χ0v) is 13.0. The van der Waals surface area contributed by atoms with Gasteiger partial charge in [0.1, 0.15) is 11.6 Å². The van der Waals surface area contributed by atoms with E-state index in [9.17, 15) is 28.1 Å². The summed E-state index contributed by atoms with van der Waals surface area (Å²) in [4.78, 5) is 22.0. The van der Waals surface area contributed by atoms with Crippen molar-refractivity contribution in [2.45, 2.75) is 6.18 Å². The van der Waals surface area contributed by atoms with Crippen LogP contribution >= 0.6 is 11.3 Å². The molecule has 0 saturated carbocycles. The molecule has 0 fully saturated rings. The number of amides is 1. The maximum absolute atomic E-state index is 12.7. The van der Waals surface area contributed by atoms with Gasteiger partial charge in [0.25, 0.3) is 5.91 Å². The first-order chi connectivity index (χ1) is 11.7. The topological polar surface area (TPSA) is 96.0 Å². The minimum Gasteiger partial charge on any atom is -0.321 e. The lowest BCUT2D eigenvalue weighted by atomic mass is 10.1. The molecule has 2 rings (SSSR count). The van der Waals surface area contributed by atoms with Crippen molar-refractivity contribution in [3.05, 3.63) is 62.5 Å². The predicted molar refractivity (Wildman–Crippen MR) is 84.6 cm³/mol. The molecule has 2 aromatic rings. The van der Waals surface area contributed by atoms with Gasteiger partial charge in [-0.05, 0) is 29.8 Å². The molecule has 128 valence electrons. The number of carbonyl (C=O) groups is 1. The molecule has 0 aliphatic carbocycles. The van der Waals surface area contributed by atoms with Crippen molar-refractivity contribution < 1.29 is 22.9 Å². The summed E-state index contributed by atoms with van der Waals surface area (Å²) in [5.74, 6) is -0.921. The van der Waals surface area contributed by atoms with Gasteiger partial charge in [-0.25, -0.2) is 0 Å². The fourth-order valence-electron chi connectivity index (χ4n) is 1.80. The molecule has 6 nitrogen and oxygen atoms in total. The van der Waals surface area contributed by atoms with Crippen LogP contribution in [0.3, 0.4) is 0 Å². The Morgan fingerprint density at radius 2 is 2.08 bits per heavy atom. The lowest BCUT2D eigenvalue weighted by Crippen LogP contribution is -2.14. The van der Waals surface area contributed by atoms with E-state index in [1.54, 1.807) is 6.07 Å². The second kappa shape index (κ2) is 7.14. The number of anilines is 1. The van der Waals surface area contributed by atoms with Crippen molar-refractivity contribution in [3.63, 3.8) is 0 Å². The third-order valence-corrected chi connectivity index (χ3v) is 3.81. The van der Waals surface area contributed by atoms with E-state index in [2.05, 4.69) is 5.32 Å². The summed E-state index contributed by atoms with van der Waals surface area (Å²) >= 11 is 0.821. The van der Waals surface area contributed by atoms with Crippen molar-refractivity contribution >= 4 is 34.0 Å². The van der Waals surface area contributed by atoms with Gasteiger partial charge in [0.2, 0.25) is 0 Å². The van der Waals surface area contributed by atoms with Crippen LogP contribution in [0.1, 0.15) is 11.1 Å². The van der Waals surface area contributed by atoms with E-state index in [0.717, 1.165) is 35.6 Å². The number of nitro groups is 1. The molecule has 10 heteroatoms. The summed E-state index contributed by atoms with van der Waals surface area (Å²) < 4.78 is 38.0. The van der Waals surface area contributed by atoms with Crippen molar-refractivity contribution in [2.75, 3.05) is 5.32 Å². The van der Waals surface area contributed by atoms with Crippen LogP contribution in [0.5, 0.6) is 0 Å². The van der Waals surface area contributed by atoms with Gasteiger partial charge in [0, 0.05) is 17.1 Å². The van der Waals surface area contributed by atoms with Crippen LogP contribution in [-0.4, -0.2) is 10.8 Å². The van der Waals surface area contributed by atoms with Crippen molar-refractivity contribution in [3.8, 4) is 6.07 Å². The Kier molecular flexibility index (Phi) is 5.19. The number of rotatable bonds is 4. The van der Waals surface area contributed by atoms with Crippen LogP contribution in [0.15, 0.2) is 41.3 Å². The molecule has 25 heavy (non-hydrogen) atoms. The molecular formula is C15H8F3N3O3S. The first-order valence-corrected chi connectivity index (χ1v) is 7.42. The summed E-state index contributed by atoms with van der Waals surface area (Å²) in [5.41, 5.74) is -1.20. The Labute approximate surface area is 143 Å². The van der Waals surface area contributed by atoms with E-state index in [1.807, 2.05) is 0 Å². The number of thiophene rings is 1. The maximum atomic E-state index is 12.7. The van der Waals surface area contributed by atoms with Crippen LogP contribution in [0.4, 0.5) is 23.9 Å². The zero-order chi connectivity index (χ0) is 18.6. The summed E-state index contributed by atoms with van der Waals surface area (Å²) in [7, 11) is 0. The third kappa shape index (κ3) is 4.65.